The van der Waals surface area contributed by atoms with Crippen molar-refractivity contribution in [3.8, 4) is 0 Å². The summed E-state index contributed by atoms with van der Waals surface area (Å²) in [5, 5.41) is 12.1. The molecule has 1 saturated heterocycles. The molecule has 0 saturated carbocycles. The number of aliphatic hydroxyl groups is 1. The Bertz CT molecular complexity index is 608. The normalized spacial score (nSPS) is 16.5. The van der Waals surface area contributed by atoms with Gasteiger partial charge in [-0.2, -0.15) is 0 Å². The highest BCUT2D eigenvalue weighted by Crippen LogP contribution is 2.30. The lowest BCUT2D eigenvalue weighted by Crippen LogP contribution is -2.38. The first-order valence-corrected chi connectivity index (χ1v) is 8.91. The third kappa shape index (κ3) is 3.39. The number of rotatable bonds is 6. The first-order chi connectivity index (χ1) is 10.8. The van der Waals surface area contributed by atoms with Crippen molar-refractivity contribution in [2.24, 2.45) is 0 Å². The van der Waals surface area contributed by atoms with Crippen molar-refractivity contribution in [3.05, 3.63) is 17.3 Å². The molecule has 0 atom stereocenters. The Kier molecular flexibility index (Phi) is 5.23. The largest absolute Gasteiger partial charge is 0.396 e. The van der Waals surface area contributed by atoms with Gasteiger partial charge in [0.05, 0.1) is 11.5 Å². The molecule has 0 aromatic carbocycles. The van der Waals surface area contributed by atoms with Crippen LogP contribution in [0, 0.1) is 0 Å². The molecular formula is C16H23N3O2S. The first kappa shape index (κ1) is 15.6. The van der Waals surface area contributed by atoms with Gasteiger partial charge in [0.15, 0.2) is 0 Å². The second-order valence-corrected chi connectivity index (χ2v) is 6.49. The topological polar surface area (TPSA) is 58.5 Å². The smallest absolute Gasteiger partial charge is 0.141 e. The van der Waals surface area contributed by atoms with Gasteiger partial charge < -0.3 is 14.7 Å². The van der Waals surface area contributed by atoms with E-state index in [0.717, 1.165) is 55.2 Å². The van der Waals surface area contributed by atoms with E-state index >= 15 is 0 Å². The quantitative estimate of drug-likeness (QED) is 0.829. The Hall–Kier alpha value is -1.24. The molecule has 0 radical (unpaired) electrons. The summed E-state index contributed by atoms with van der Waals surface area (Å²) in [5.41, 5.74) is 0. The van der Waals surface area contributed by atoms with E-state index < -0.39 is 0 Å². The van der Waals surface area contributed by atoms with E-state index in [1.807, 2.05) is 0 Å². The third-order valence-electron chi connectivity index (χ3n) is 4.07. The molecular weight excluding hydrogens is 298 g/mol. The Balaban J connectivity index is 1.69. The monoisotopic (exact) mass is 321 g/mol. The number of ether oxygens (including phenoxy) is 1. The molecule has 3 rings (SSSR count). The van der Waals surface area contributed by atoms with Crippen LogP contribution in [0.3, 0.4) is 0 Å². The molecule has 3 heterocycles. The standard InChI is InChI=1S/C16H23N3O2S/c1-2-14-17-15(13-6-11-22-16(13)18-14)19-7-4-12(5-8-19)21-10-3-9-20/h6,11-12,20H,2-5,7-10H2,1H3. The average molecular weight is 321 g/mol. The van der Waals surface area contributed by atoms with E-state index in [1.54, 1.807) is 11.3 Å². The van der Waals surface area contributed by atoms with Crippen LogP contribution in [-0.4, -0.2) is 47.5 Å². The second-order valence-electron chi connectivity index (χ2n) is 5.59. The molecule has 1 aliphatic heterocycles. The van der Waals surface area contributed by atoms with E-state index in [1.165, 1.54) is 5.39 Å². The predicted octanol–water partition coefficient (Wildman–Crippen LogP) is 2.62. The van der Waals surface area contributed by atoms with Gasteiger partial charge in [-0.1, -0.05) is 6.92 Å². The average Bonchev–Trinajstić information content (AvgIpc) is 3.03. The fraction of sp³-hybridized carbons (Fsp3) is 0.625. The van der Waals surface area contributed by atoms with Gasteiger partial charge in [-0.25, -0.2) is 9.97 Å². The van der Waals surface area contributed by atoms with Gasteiger partial charge in [-0.05, 0) is 30.7 Å². The maximum atomic E-state index is 8.81. The lowest BCUT2D eigenvalue weighted by Gasteiger charge is -2.33. The highest BCUT2D eigenvalue weighted by molar-refractivity contribution is 7.16. The number of fused-ring (bicyclic) bond motifs is 1. The van der Waals surface area contributed by atoms with Crippen LogP contribution in [0.15, 0.2) is 11.4 Å². The predicted molar refractivity (Wildman–Crippen MR) is 89.7 cm³/mol. The van der Waals surface area contributed by atoms with Crippen LogP contribution in [0.4, 0.5) is 5.82 Å². The number of piperidine rings is 1. The lowest BCUT2D eigenvalue weighted by molar-refractivity contribution is 0.0293. The summed E-state index contributed by atoms with van der Waals surface area (Å²) in [7, 11) is 0. The zero-order valence-corrected chi connectivity index (χ0v) is 13.8. The Morgan fingerprint density at radius 3 is 2.91 bits per heavy atom. The van der Waals surface area contributed by atoms with Crippen LogP contribution in [0.5, 0.6) is 0 Å². The van der Waals surface area contributed by atoms with Crippen molar-refractivity contribution in [2.45, 2.75) is 38.7 Å². The van der Waals surface area contributed by atoms with Crippen LogP contribution < -0.4 is 4.90 Å². The first-order valence-electron chi connectivity index (χ1n) is 8.03. The Morgan fingerprint density at radius 1 is 1.36 bits per heavy atom. The van der Waals surface area contributed by atoms with Gasteiger partial charge >= 0.3 is 0 Å². The minimum absolute atomic E-state index is 0.204. The molecule has 1 aliphatic rings. The second kappa shape index (κ2) is 7.35. The molecule has 0 unspecified atom stereocenters. The van der Waals surface area contributed by atoms with E-state index in [-0.39, 0.29) is 6.61 Å². The number of hydrogen-bond acceptors (Lipinski definition) is 6. The van der Waals surface area contributed by atoms with Gasteiger partial charge in [-0.3, -0.25) is 0 Å². The molecule has 1 N–H and O–H groups in total. The minimum atomic E-state index is 0.204. The van der Waals surface area contributed by atoms with Crippen LogP contribution in [0.2, 0.25) is 0 Å². The molecule has 0 amide bonds. The van der Waals surface area contributed by atoms with Crippen molar-refractivity contribution in [3.63, 3.8) is 0 Å². The van der Waals surface area contributed by atoms with E-state index in [4.69, 9.17) is 14.8 Å². The number of aliphatic hydroxyl groups excluding tert-OH is 1. The van der Waals surface area contributed by atoms with Gasteiger partial charge in [-0.15, -0.1) is 11.3 Å². The van der Waals surface area contributed by atoms with Gasteiger partial charge in [0.1, 0.15) is 16.5 Å². The molecule has 6 heteroatoms. The zero-order chi connectivity index (χ0) is 15.4. The summed E-state index contributed by atoms with van der Waals surface area (Å²) in [4.78, 5) is 12.8. The molecule has 0 spiro atoms. The maximum absolute atomic E-state index is 8.81. The number of anilines is 1. The van der Waals surface area contributed by atoms with Crippen LogP contribution in [0.1, 0.15) is 32.0 Å². The number of thiophene rings is 1. The molecule has 2 aromatic heterocycles. The summed E-state index contributed by atoms with van der Waals surface area (Å²) in [6, 6.07) is 2.12. The van der Waals surface area contributed by atoms with Crippen molar-refractivity contribution in [1.82, 2.24) is 9.97 Å². The molecule has 2 aromatic rings. The third-order valence-corrected chi connectivity index (χ3v) is 4.87. The van der Waals surface area contributed by atoms with Crippen molar-refractivity contribution >= 4 is 27.4 Å². The van der Waals surface area contributed by atoms with E-state index in [2.05, 4.69) is 28.3 Å². The molecule has 1 fully saturated rings. The summed E-state index contributed by atoms with van der Waals surface area (Å²) >= 11 is 1.68. The summed E-state index contributed by atoms with van der Waals surface area (Å²) < 4.78 is 5.81. The lowest BCUT2D eigenvalue weighted by atomic mass is 10.1. The van der Waals surface area contributed by atoms with Gasteiger partial charge in [0.25, 0.3) is 0 Å². The molecule has 120 valence electrons. The van der Waals surface area contributed by atoms with Crippen LogP contribution in [-0.2, 0) is 11.2 Å². The number of hydrogen-bond donors (Lipinski definition) is 1. The molecule has 5 nitrogen and oxygen atoms in total. The minimum Gasteiger partial charge on any atom is -0.396 e. The molecule has 22 heavy (non-hydrogen) atoms. The maximum Gasteiger partial charge on any atom is 0.141 e. The van der Waals surface area contributed by atoms with Gasteiger partial charge in [0.2, 0.25) is 0 Å². The molecule has 0 bridgehead atoms. The van der Waals surface area contributed by atoms with Crippen LogP contribution in [0.25, 0.3) is 10.2 Å². The zero-order valence-electron chi connectivity index (χ0n) is 13.0. The van der Waals surface area contributed by atoms with Crippen LogP contribution >= 0.6 is 11.3 Å². The highest BCUT2D eigenvalue weighted by atomic mass is 32.1. The van der Waals surface area contributed by atoms with Gasteiger partial charge in [0, 0.05) is 32.7 Å². The Labute approximate surface area is 135 Å². The summed E-state index contributed by atoms with van der Waals surface area (Å²) in [5.74, 6) is 2.00. The fourth-order valence-electron chi connectivity index (χ4n) is 2.83. The highest BCUT2D eigenvalue weighted by Gasteiger charge is 2.22. The number of nitrogens with zero attached hydrogens (tertiary/aromatic N) is 3. The fourth-order valence-corrected chi connectivity index (χ4v) is 3.61. The summed E-state index contributed by atoms with van der Waals surface area (Å²) in [6.45, 7) is 4.89. The number of aromatic nitrogens is 2. The SMILES string of the molecule is CCc1nc(N2CCC(OCCCO)CC2)c2ccsc2n1. The summed E-state index contributed by atoms with van der Waals surface area (Å²) in [6.07, 6.45) is 3.93. The molecule has 0 aliphatic carbocycles. The van der Waals surface area contributed by atoms with Crippen molar-refractivity contribution in [2.75, 3.05) is 31.2 Å². The van der Waals surface area contributed by atoms with E-state index in [0.29, 0.717) is 12.7 Å². The Morgan fingerprint density at radius 2 is 2.18 bits per heavy atom. The number of aryl methyl sites for hydroxylation is 1. The van der Waals surface area contributed by atoms with E-state index in [9.17, 15) is 0 Å². The van der Waals surface area contributed by atoms with Crippen molar-refractivity contribution < 1.29 is 9.84 Å². The van der Waals surface area contributed by atoms with Crippen molar-refractivity contribution in [1.29, 1.82) is 0 Å².